The average molecular weight is 461 g/mol. The molecular weight excluding hydrogens is 436 g/mol. The van der Waals surface area contributed by atoms with E-state index < -0.39 is 0 Å². The molecule has 0 aliphatic heterocycles. The standard InChI is InChI=1S/C25H24N4O3S/c1-18-7-5-10-20(13-18)27-25-28-22(17-33-25)24(31)29(15-19-8-3-2-4-9-19)16-23(30)26-14-21-11-6-12-32-21/h2-13,17H,14-16H2,1H3,(H,26,30)(H,27,28). The first-order valence-electron chi connectivity index (χ1n) is 10.5. The summed E-state index contributed by atoms with van der Waals surface area (Å²) < 4.78 is 5.25. The molecule has 0 unspecified atom stereocenters. The molecule has 0 fully saturated rings. The summed E-state index contributed by atoms with van der Waals surface area (Å²) >= 11 is 1.35. The molecule has 4 rings (SSSR count). The Labute approximate surface area is 196 Å². The Hall–Kier alpha value is -3.91. The number of hydrogen-bond acceptors (Lipinski definition) is 6. The van der Waals surface area contributed by atoms with Gasteiger partial charge in [0.25, 0.3) is 5.91 Å². The molecular formula is C25H24N4O3S. The summed E-state index contributed by atoms with van der Waals surface area (Å²) in [6.07, 6.45) is 1.55. The number of rotatable bonds is 9. The number of nitrogens with zero attached hydrogens (tertiary/aromatic N) is 2. The van der Waals surface area contributed by atoms with Crippen LogP contribution in [0.25, 0.3) is 0 Å². The lowest BCUT2D eigenvalue weighted by Gasteiger charge is -2.21. The van der Waals surface area contributed by atoms with E-state index in [2.05, 4.69) is 15.6 Å². The summed E-state index contributed by atoms with van der Waals surface area (Å²) in [5, 5.41) is 8.35. The number of amides is 2. The molecule has 33 heavy (non-hydrogen) atoms. The zero-order chi connectivity index (χ0) is 23.0. The summed E-state index contributed by atoms with van der Waals surface area (Å²) in [5.41, 5.74) is 3.26. The topological polar surface area (TPSA) is 87.5 Å². The van der Waals surface area contributed by atoms with Gasteiger partial charge in [-0.1, -0.05) is 42.5 Å². The summed E-state index contributed by atoms with van der Waals surface area (Å²) in [5.74, 6) is 0.0696. The van der Waals surface area contributed by atoms with Crippen molar-refractivity contribution in [2.75, 3.05) is 11.9 Å². The van der Waals surface area contributed by atoms with E-state index in [9.17, 15) is 9.59 Å². The van der Waals surface area contributed by atoms with Crippen molar-refractivity contribution in [2.24, 2.45) is 0 Å². The molecule has 7 nitrogen and oxygen atoms in total. The van der Waals surface area contributed by atoms with E-state index in [1.807, 2.05) is 61.5 Å². The second-order valence-corrected chi connectivity index (χ2v) is 8.39. The van der Waals surface area contributed by atoms with Crippen molar-refractivity contribution in [3.63, 3.8) is 0 Å². The Morgan fingerprint density at radius 2 is 1.91 bits per heavy atom. The quantitative estimate of drug-likeness (QED) is 0.376. The molecule has 168 valence electrons. The molecule has 2 amide bonds. The highest BCUT2D eigenvalue weighted by Gasteiger charge is 2.22. The summed E-state index contributed by atoms with van der Waals surface area (Å²) in [4.78, 5) is 31.8. The number of aromatic nitrogens is 1. The molecule has 0 bridgehead atoms. The molecule has 0 radical (unpaired) electrons. The number of furan rings is 1. The zero-order valence-corrected chi connectivity index (χ0v) is 19.0. The lowest BCUT2D eigenvalue weighted by molar-refractivity contribution is -0.122. The van der Waals surface area contributed by atoms with Gasteiger partial charge in [-0.05, 0) is 42.3 Å². The third kappa shape index (κ3) is 6.30. The van der Waals surface area contributed by atoms with Crippen molar-refractivity contribution in [1.82, 2.24) is 15.2 Å². The van der Waals surface area contributed by atoms with E-state index in [1.165, 1.54) is 16.2 Å². The fourth-order valence-corrected chi connectivity index (χ4v) is 3.97. The van der Waals surface area contributed by atoms with Gasteiger partial charge >= 0.3 is 0 Å². The monoisotopic (exact) mass is 460 g/mol. The Balaban J connectivity index is 1.46. The molecule has 0 spiro atoms. The molecule has 2 N–H and O–H groups in total. The first-order valence-corrected chi connectivity index (χ1v) is 11.4. The van der Waals surface area contributed by atoms with Crippen LogP contribution in [0.4, 0.5) is 10.8 Å². The largest absolute Gasteiger partial charge is 0.467 e. The van der Waals surface area contributed by atoms with E-state index in [0.29, 0.717) is 23.1 Å². The van der Waals surface area contributed by atoms with Gasteiger partial charge in [0, 0.05) is 17.6 Å². The van der Waals surface area contributed by atoms with Crippen molar-refractivity contribution in [3.05, 3.63) is 101 Å². The zero-order valence-electron chi connectivity index (χ0n) is 18.2. The smallest absolute Gasteiger partial charge is 0.274 e. The number of hydrogen-bond donors (Lipinski definition) is 2. The number of carbonyl (C=O) groups excluding carboxylic acids is 2. The van der Waals surface area contributed by atoms with E-state index >= 15 is 0 Å². The molecule has 2 aromatic heterocycles. The first-order chi connectivity index (χ1) is 16.1. The van der Waals surface area contributed by atoms with E-state index in [4.69, 9.17) is 4.42 Å². The Bertz CT molecular complexity index is 1210. The third-order valence-electron chi connectivity index (χ3n) is 4.87. The number of anilines is 2. The number of thiazole rings is 1. The van der Waals surface area contributed by atoms with Gasteiger partial charge in [-0.2, -0.15) is 0 Å². The SMILES string of the molecule is Cc1cccc(Nc2nc(C(=O)N(CC(=O)NCc3ccco3)Cc3ccccc3)cs2)c1. The van der Waals surface area contributed by atoms with Crippen LogP contribution in [0, 0.1) is 6.92 Å². The van der Waals surface area contributed by atoms with Crippen LogP contribution in [-0.4, -0.2) is 28.2 Å². The number of benzene rings is 2. The van der Waals surface area contributed by atoms with Crippen LogP contribution in [-0.2, 0) is 17.9 Å². The highest BCUT2D eigenvalue weighted by Crippen LogP contribution is 2.22. The second kappa shape index (κ2) is 10.6. The molecule has 0 atom stereocenters. The lowest BCUT2D eigenvalue weighted by atomic mass is 10.2. The van der Waals surface area contributed by atoms with Crippen LogP contribution in [0.2, 0.25) is 0 Å². The van der Waals surface area contributed by atoms with Gasteiger partial charge in [-0.3, -0.25) is 9.59 Å². The predicted molar refractivity (Wildman–Crippen MR) is 128 cm³/mol. The molecule has 4 aromatic rings. The van der Waals surface area contributed by atoms with Gasteiger partial charge in [-0.25, -0.2) is 4.98 Å². The molecule has 0 saturated carbocycles. The Morgan fingerprint density at radius 1 is 1.06 bits per heavy atom. The van der Waals surface area contributed by atoms with E-state index in [0.717, 1.165) is 16.8 Å². The molecule has 0 saturated heterocycles. The molecule has 8 heteroatoms. The summed E-state index contributed by atoms with van der Waals surface area (Å²) in [6, 6.07) is 21.0. The Kier molecular flexibility index (Phi) is 7.16. The summed E-state index contributed by atoms with van der Waals surface area (Å²) in [7, 11) is 0. The minimum atomic E-state index is -0.305. The third-order valence-corrected chi connectivity index (χ3v) is 5.63. The molecule has 0 aliphatic rings. The first kappa shape index (κ1) is 22.3. The van der Waals surface area contributed by atoms with Crippen LogP contribution in [0.1, 0.15) is 27.4 Å². The lowest BCUT2D eigenvalue weighted by Crippen LogP contribution is -2.40. The Morgan fingerprint density at radius 3 is 2.67 bits per heavy atom. The van der Waals surface area contributed by atoms with Crippen molar-refractivity contribution in [3.8, 4) is 0 Å². The fourth-order valence-electron chi connectivity index (χ4n) is 3.27. The van der Waals surface area contributed by atoms with Gasteiger partial charge in [0.15, 0.2) is 5.13 Å². The minimum absolute atomic E-state index is 0.0907. The highest BCUT2D eigenvalue weighted by molar-refractivity contribution is 7.14. The number of aryl methyl sites for hydroxylation is 1. The maximum atomic E-state index is 13.3. The maximum Gasteiger partial charge on any atom is 0.274 e. The van der Waals surface area contributed by atoms with Crippen LogP contribution in [0.5, 0.6) is 0 Å². The minimum Gasteiger partial charge on any atom is -0.467 e. The molecule has 2 heterocycles. The maximum absolute atomic E-state index is 13.3. The average Bonchev–Trinajstić information content (AvgIpc) is 3.50. The van der Waals surface area contributed by atoms with Gasteiger partial charge in [0.2, 0.25) is 5.91 Å². The van der Waals surface area contributed by atoms with Crippen LogP contribution in [0.15, 0.2) is 82.8 Å². The van der Waals surface area contributed by atoms with Gasteiger partial charge in [0.1, 0.15) is 18.0 Å². The van der Waals surface area contributed by atoms with Gasteiger partial charge < -0.3 is 20.0 Å². The molecule has 0 aliphatic carbocycles. The van der Waals surface area contributed by atoms with Crippen LogP contribution < -0.4 is 10.6 Å². The molecule has 2 aromatic carbocycles. The van der Waals surface area contributed by atoms with Gasteiger partial charge in [-0.15, -0.1) is 11.3 Å². The normalized spacial score (nSPS) is 10.6. The van der Waals surface area contributed by atoms with Crippen molar-refractivity contribution >= 4 is 34.0 Å². The number of carbonyl (C=O) groups is 2. The highest BCUT2D eigenvalue weighted by atomic mass is 32.1. The van der Waals surface area contributed by atoms with Crippen LogP contribution >= 0.6 is 11.3 Å². The second-order valence-electron chi connectivity index (χ2n) is 7.54. The van der Waals surface area contributed by atoms with Gasteiger partial charge in [0.05, 0.1) is 12.8 Å². The fraction of sp³-hybridized carbons (Fsp3) is 0.160. The van der Waals surface area contributed by atoms with Crippen molar-refractivity contribution in [1.29, 1.82) is 0 Å². The van der Waals surface area contributed by atoms with Crippen LogP contribution in [0.3, 0.4) is 0 Å². The van der Waals surface area contributed by atoms with E-state index in [1.54, 1.807) is 23.8 Å². The van der Waals surface area contributed by atoms with Crippen molar-refractivity contribution in [2.45, 2.75) is 20.0 Å². The number of nitrogens with one attached hydrogen (secondary N) is 2. The summed E-state index contributed by atoms with van der Waals surface area (Å²) in [6.45, 7) is 2.49. The predicted octanol–water partition coefficient (Wildman–Crippen LogP) is 4.75. The van der Waals surface area contributed by atoms with Crippen molar-refractivity contribution < 1.29 is 14.0 Å². The van der Waals surface area contributed by atoms with E-state index in [-0.39, 0.29) is 24.9 Å².